The Morgan fingerprint density at radius 3 is 2.21 bits per heavy atom. The fourth-order valence-corrected chi connectivity index (χ4v) is 6.65. The van der Waals surface area contributed by atoms with Crippen LogP contribution in [-0.4, -0.2) is 81.5 Å². The number of methoxy groups -OCH3 is 2. The molecule has 0 radical (unpaired) electrons. The Balaban J connectivity index is 1.17. The van der Waals surface area contributed by atoms with Crippen molar-refractivity contribution in [2.24, 2.45) is 0 Å². The Kier molecular flexibility index (Phi) is 12.7. The van der Waals surface area contributed by atoms with Gasteiger partial charge in [-0.2, -0.15) is 0 Å². The van der Waals surface area contributed by atoms with E-state index in [1.807, 2.05) is 50.2 Å². The number of hydrogen-bond donors (Lipinski definition) is 4. The van der Waals surface area contributed by atoms with Gasteiger partial charge in [-0.15, -0.1) is 0 Å². The molecule has 0 spiro atoms. The van der Waals surface area contributed by atoms with Crippen molar-refractivity contribution in [1.29, 1.82) is 0 Å². The van der Waals surface area contributed by atoms with Crippen LogP contribution in [0.4, 0.5) is 4.79 Å². The molecule has 1 atom stereocenters. The van der Waals surface area contributed by atoms with Crippen molar-refractivity contribution in [2.45, 2.75) is 45.8 Å². The maximum Gasteiger partial charge on any atom is 0.407 e. The van der Waals surface area contributed by atoms with Gasteiger partial charge in [0, 0.05) is 18.5 Å². The molecule has 0 aliphatic carbocycles. The highest BCUT2D eigenvalue weighted by Crippen LogP contribution is 2.31. The van der Waals surface area contributed by atoms with Crippen LogP contribution in [0.25, 0.3) is 44.2 Å². The third-order valence-electron chi connectivity index (χ3n) is 9.52. The molecule has 13 nitrogen and oxygen atoms in total. The quantitative estimate of drug-likeness (QED) is 0.0721. The summed E-state index contributed by atoms with van der Waals surface area (Å²) in [5, 5.41) is 7.62. The molecule has 4 N–H and O–H groups in total. The van der Waals surface area contributed by atoms with Gasteiger partial charge in [-0.05, 0) is 59.2 Å². The van der Waals surface area contributed by atoms with E-state index in [-0.39, 0.29) is 24.9 Å². The Bertz CT molecular complexity index is 2300. The standard InChI is InChI=1S/C43H48N8O5/c1-6-21-50(39(52)25-44-28(3)55-4)26-37-45-24-36(47-37)30-15-13-29(14-16-30)32-17-19-34-33(23-32)18-20-35-41(34)48-38(46-35)27-51(22-7-2)42(53)40(49-43(54)56-5)31-11-9-8-10-12-31/h8-20,23-24,40,44H,3,6-7,21-22,25-27H2,1-2,4-5H3,(H,45,47)(H,46,48)(H,49,54)/t40-/m1/s1. The molecule has 0 unspecified atom stereocenters. The predicted molar refractivity (Wildman–Crippen MR) is 217 cm³/mol. The fourth-order valence-electron chi connectivity index (χ4n) is 6.65. The van der Waals surface area contributed by atoms with Crippen molar-refractivity contribution in [2.75, 3.05) is 33.9 Å². The maximum absolute atomic E-state index is 13.9. The summed E-state index contributed by atoms with van der Waals surface area (Å²) in [6, 6.07) is 26.9. The second kappa shape index (κ2) is 18.1. The number of benzene rings is 4. The number of nitrogens with one attached hydrogen (secondary N) is 4. The van der Waals surface area contributed by atoms with Gasteiger partial charge in [0.1, 0.15) is 17.7 Å². The molecule has 0 saturated heterocycles. The van der Waals surface area contributed by atoms with Gasteiger partial charge in [-0.1, -0.05) is 86.6 Å². The minimum Gasteiger partial charge on any atom is -0.483 e. The number of hydrogen-bond acceptors (Lipinski definition) is 8. The van der Waals surface area contributed by atoms with E-state index in [2.05, 4.69) is 80.7 Å². The smallest absolute Gasteiger partial charge is 0.407 e. The van der Waals surface area contributed by atoms with Crippen LogP contribution in [0.3, 0.4) is 0 Å². The van der Waals surface area contributed by atoms with Crippen LogP contribution in [0, 0.1) is 0 Å². The highest BCUT2D eigenvalue weighted by molar-refractivity contribution is 6.05. The minimum absolute atomic E-state index is 0.0645. The lowest BCUT2D eigenvalue weighted by molar-refractivity contribution is -0.134. The third-order valence-corrected chi connectivity index (χ3v) is 9.52. The Hall–Kier alpha value is -6.63. The molecular formula is C43H48N8O5. The van der Waals surface area contributed by atoms with Gasteiger partial charge in [0.25, 0.3) is 0 Å². The molecular weight excluding hydrogens is 709 g/mol. The van der Waals surface area contributed by atoms with Crippen molar-refractivity contribution in [1.82, 2.24) is 40.4 Å². The summed E-state index contributed by atoms with van der Waals surface area (Å²) in [5.74, 6) is 1.39. The summed E-state index contributed by atoms with van der Waals surface area (Å²) in [4.78, 5) is 58.7. The van der Waals surface area contributed by atoms with E-state index >= 15 is 0 Å². The minimum atomic E-state index is -0.903. The van der Waals surface area contributed by atoms with Gasteiger partial charge in [0.2, 0.25) is 11.8 Å². The topological polar surface area (TPSA) is 158 Å². The monoisotopic (exact) mass is 756 g/mol. The largest absolute Gasteiger partial charge is 0.483 e. The normalized spacial score (nSPS) is 11.6. The number of amides is 3. The zero-order valence-corrected chi connectivity index (χ0v) is 32.2. The molecule has 56 heavy (non-hydrogen) atoms. The van der Waals surface area contributed by atoms with Crippen LogP contribution in [0.2, 0.25) is 0 Å². The molecule has 0 bridgehead atoms. The first-order valence-corrected chi connectivity index (χ1v) is 18.7. The SMILES string of the molecule is C=C(NCC(=O)N(CCC)Cc1ncc(-c2ccc(-c3ccc4c(ccc5[nH]c(CN(CCC)C(=O)[C@H](NC(=O)OC)c6ccccc6)nc54)c3)cc2)[nH]1)OC. The van der Waals surface area contributed by atoms with Crippen molar-refractivity contribution in [3.63, 3.8) is 0 Å². The second-order valence-corrected chi connectivity index (χ2v) is 13.4. The fraction of sp³-hybridized carbons (Fsp3) is 0.279. The first-order chi connectivity index (χ1) is 27.2. The lowest BCUT2D eigenvalue weighted by atomic mass is 9.99. The number of carbonyl (C=O) groups excluding carboxylic acids is 3. The van der Waals surface area contributed by atoms with E-state index in [1.54, 1.807) is 16.0 Å². The number of carbonyl (C=O) groups is 3. The van der Waals surface area contributed by atoms with Gasteiger partial charge >= 0.3 is 6.09 Å². The molecule has 3 amide bonds. The molecule has 0 aliphatic heterocycles. The number of rotatable bonds is 17. The Morgan fingerprint density at radius 1 is 0.804 bits per heavy atom. The highest BCUT2D eigenvalue weighted by atomic mass is 16.5. The lowest BCUT2D eigenvalue weighted by Gasteiger charge is -2.27. The summed E-state index contributed by atoms with van der Waals surface area (Å²) < 4.78 is 9.84. The summed E-state index contributed by atoms with van der Waals surface area (Å²) in [6.45, 7) is 9.55. The van der Waals surface area contributed by atoms with E-state index in [0.717, 1.165) is 57.0 Å². The van der Waals surface area contributed by atoms with Gasteiger partial charge in [0.15, 0.2) is 5.88 Å². The molecule has 13 heteroatoms. The molecule has 0 saturated carbocycles. The van der Waals surface area contributed by atoms with E-state index in [0.29, 0.717) is 42.7 Å². The highest BCUT2D eigenvalue weighted by Gasteiger charge is 2.28. The molecule has 6 rings (SSSR count). The third kappa shape index (κ3) is 9.17. The van der Waals surface area contributed by atoms with Gasteiger partial charge in [-0.3, -0.25) is 9.59 Å². The number of aromatic amines is 2. The molecule has 6 aromatic rings. The number of imidazole rings is 2. The zero-order valence-electron chi connectivity index (χ0n) is 32.2. The van der Waals surface area contributed by atoms with Crippen LogP contribution >= 0.6 is 0 Å². The van der Waals surface area contributed by atoms with Gasteiger partial charge in [0.05, 0.1) is 56.8 Å². The first-order valence-electron chi connectivity index (χ1n) is 18.7. The van der Waals surface area contributed by atoms with Crippen LogP contribution in [0.15, 0.2) is 104 Å². The molecule has 0 aliphatic rings. The molecule has 2 aromatic heterocycles. The van der Waals surface area contributed by atoms with E-state index < -0.39 is 12.1 Å². The second-order valence-electron chi connectivity index (χ2n) is 13.4. The van der Waals surface area contributed by atoms with Crippen molar-refractivity contribution < 1.29 is 23.9 Å². The summed E-state index contributed by atoms with van der Waals surface area (Å²) in [5.41, 5.74) is 6.33. The predicted octanol–water partition coefficient (Wildman–Crippen LogP) is 7.05. The van der Waals surface area contributed by atoms with Crippen molar-refractivity contribution in [3.05, 3.63) is 121 Å². The zero-order chi connectivity index (χ0) is 39.6. The van der Waals surface area contributed by atoms with Gasteiger partial charge < -0.3 is 39.9 Å². The number of fused-ring (bicyclic) bond motifs is 3. The van der Waals surface area contributed by atoms with Gasteiger partial charge in [-0.25, -0.2) is 14.8 Å². The number of nitrogens with zero attached hydrogens (tertiary/aromatic N) is 4. The molecule has 290 valence electrons. The first kappa shape index (κ1) is 39.1. The average molecular weight is 757 g/mol. The Labute approximate surface area is 326 Å². The van der Waals surface area contributed by atoms with Crippen LogP contribution in [-0.2, 0) is 32.2 Å². The maximum atomic E-state index is 13.9. The Morgan fingerprint density at radius 2 is 1.50 bits per heavy atom. The van der Waals surface area contributed by atoms with Crippen LogP contribution in [0.1, 0.15) is 49.9 Å². The van der Waals surface area contributed by atoms with Crippen LogP contribution < -0.4 is 10.6 Å². The number of aromatic nitrogens is 4. The summed E-state index contributed by atoms with van der Waals surface area (Å²) >= 11 is 0. The lowest BCUT2D eigenvalue weighted by Crippen LogP contribution is -2.43. The van der Waals surface area contributed by atoms with E-state index in [4.69, 9.17) is 14.5 Å². The van der Waals surface area contributed by atoms with Crippen LogP contribution in [0.5, 0.6) is 0 Å². The van der Waals surface area contributed by atoms with Crippen molar-refractivity contribution in [3.8, 4) is 22.4 Å². The van der Waals surface area contributed by atoms with E-state index in [9.17, 15) is 14.4 Å². The summed E-state index contributed by atoms with van der Waals surface area (Å²) in [6.07, 6.45) is 2.67. The number of H-pyrrole nitrogens is 2. The summed E-state index contributed by atoms with van der Waals surface area (Å²) in [7, 11) is 2.78. The van der Waals surface area contributed by atoms with Crippen molar-refractivity contribution >= 4 is 39.7 Å². The number of ether oxygens (including phenoxy) is 2. The molecule has 4 aromatic carbocycles. The van der Waals surface area contributed by atoms with E-state index in [1.165, 1.54) is 14.2 Å². The number of alkyl carbamates (subject to hydrolysis) is 1. The molecule has 2 heterocycles. The molecule has 0 fully saturated rings. The average Bonchev–Trinajstić information content (AvgIpc) is 3.88.